The first-order valence-corrected chi connectivity index (χ1v) is 10.1. The van der Waals surface area contributed by atoms with Gasteiger partial charge in [-0.05, 0) is 17.7 Å². The molecule has 0 fully saturated rings. The number of aromatic nitrogens is 1. The predicted octanol–water partition coefficient (Wildman–Crippen LogP) is 2.42. The molecule has 0 spiro atoms. The fraction of sp³-hybridized carbons (Fsp3) is 0.261. The minimum Gasteiger partial charge on any atom is -0.491 e. The lowest BCUT2D eigenvalue weighted by Crippen LogP contribution is -2.46. The molecule has 0 saturated carbocycles. The Morgan fingerprint density at radius 2 is 2.03 bits per heavy atom. The van der Waals surface area contributed by atoms with Gasteiger partial charge in [-0.15, -0.1) is 0 Å². The van der Waals surface area contributed by atoms with Gasteiger partial charge in [-0.3, -0.25) is 9.59 Å². The molecular weight excluding hydrogens is 414 g/mol. The highest BCUT2D eigenvalue weighted by Gasteiger charge is 2.28. The minimum absolute atomic E-state index is 0.0409. The standard InChI is InChI=1S/C23H23N3O6/c1-29-9-10-30-16-7-8-18-21(13-16)31-14-20(23(28)24-18)25-22(27)19-12-17(32-26-19)11-15-5-3-2-4-6-15/h2-8,12-13,20H,9-11,14H2,1H3,(H,24,28)(H,25,27)/t20-/m0/s1. The number of fused-ring (bicyclic) bond motifs is 1. The molecule has 2 heterocycles. The van der Waals surface area contributed by atoms with E-state index in [9.17, 15) is 9.59 Å². The van der Waals surface area contributed by atoms with E-state index in [1.165, 1.54) is 0 Å². The van der Waals surface area contributed by atoms with E-state index in [4.69, 9.17) is 18.7 Å². The van der Waals surface area contributed by atoms with Crippen molar-refractivity contribution in [2.75, 3.05) is 32.2 Å². The zero-order chi connectivity index (χ0) is 22.3. The van der Waals surface area contributed by atoms with E-state index < -0.39 is 17.9 Å². The highest BCUT2D eigenvalue weighted by molar-refractivity contribution is 6.01. The summed E-state index contributed by atoms with van der Waals surface area (Å²) in [6.45, 7) is 0.809. The second-order valence-electron chi connectivity index (χ2n) is 7.17. The number of benzene rings is 2. The molecule has 2 aromatic carbocycles. The van der Waals surface area contributed by atoms with Crippen LogP contribution in [0.25, 0.3) is 0 Å². The second-order valence-corrected chi connectivity index (χ2v) is 7.17. The maximum atomic E-state index is 12.6. The first kappa shape index (κ1) is 21.4. The maximum Gasteiger partial charge on any atom is 0.274 e. The Labute approximate surface area is 184 Å². The number of nitrogens with zero attached hydrogens (tertiary/aromatic N) is 1. The Hall–Kier alpha value is -3.85. The van der Waals surface area contributed by atoms with E-state index in [2.05, 4.69) is 15.8 Å². The summed E-state index contributed by atoms with van der Waals surface area (Å²) in [5.41, 5.74) is 1.63. The Kier molecular flexibility index (Phi) is 6.66. The van der Waals surface area contributed by atoms with Crippen molar-refractivity contribution in [2.24, 2.45) is 0 Å². The van der Waals surface area contributed by atoms with Gasteiger partial charge < -0.3 is 29.4 Å². The Morgan fingerprint density at radius 3 is 2.84 bits per heavy atom. The number of hydrogen-bond donors (Lipinski definition) is 2. The van der Waals surface area contributed by atoms with Crippen molar-refractivity contribution in [3.8, 4) is 11.5 Å². The molecule has 3 aromatic rings. The second kappa shape index (κ2) is 9.97. The molecule has 0 aliphatic carbocycles. The number of anilines is 1. The van der Waals surface area contributed by atoms with Gasteiger partial charge in [0.2, 0.25) is 0 Å². The first-order chi connectivity index (χ1) is 15.6. The van der Waals surface area contributed by atoms with Crippen LogP contribution in [0.3, 0.4) is 0 Å². The minimum atomic E-state index is -0.901. The van der Waals surface area contributed by atoms with Gasteiger partial charge >= 0.3 is 0 Å². The molecule has 0 saturated heterocycles. The summed E-state index contributed by atoms with van der Waals surface area (Å²) in [6.07, 6.45) is 0.512. The third kappa shape index (κ3) is 5.25. The fourth-order valence-corrected chi connectivity index (χ4v) is 3.17. The highest BCUT2D eigenvalue weighted by Crippen LogP contribution is 2.31. The molecule has 0 bridgehead atoms. The first-order valence-electron chi connectivity index (χ1n) is 10.1. The molecule has 4 rings (SSSR count). The van der Waals surface area contributed by atoms with Crippen LogP contribution in [0.1, 0.15) is 21.8 Å². The molecular formula is C23H23N3O6. The monoisotopic (exact) mass is 437 g/mol. The van der Waals surface area contributed by atoms with E-state index >= 15 is 0 Å². The number of nitrogens with one attached hydrogen (secondary N) is 2. The molecule has 1 atom stereocenters. The molecule has 32 heavy (non-hydrogen) atoms. The smallest absolute Gasteiger partial charge is 0.274 e. The molecule has 2 amide bonds. The average molecular weight is 437 g/mol. The van der Waals surface area contributed by atoms with E-state index in [-0.39, 0.29) is 12.3 Å². The maximum absolute atomic E-state index is 12.6. The molecule has 1 aliphatic heterocycles. The largest absolute Gasteiger partial charge is 0.491 e. The molecule has 2 N–H and O–H groups in total. The Balaban J connectivity index is 1.37. The van der Waals surface area contributed by atoms with Crippen molar-refractivity contribution in [3.05, 3.63) is 71.6 Å². The van der Waals surface area contributed by atoms with Gasteiger partial charge in [0, 0.05) is 25.7 Å². The Morgan fingerprint density at radius 1 is 1.19 bits per heavy atom. The summed E-state index contributed by atoms with van der Waals surface area (Å²) >= 11 is 0. The average Bonchev–Trinajstić information content (AvgIpc) is 3.21. The van der Waals surface area contributed by atoms with Crippen LogP contribution in [0, 0.1) is 0 Å². The number of carbonyl (C=O) groups is 2. The lowest BCUT2D eigenvalue weighted by Gasteiger charge is -2.13. The topological polar surface area (TPSA) is 112 Å². The normalized spacial score (nSPS) is 15.2. The zero-order valence-electron chi connectivity index (χ0n) is 17.5. The number of hydrogen-bond acceptors (Lipinski definition) is 7. The fourth-order valence-electron chi connectivity index (χ4n) is 3.17. The molecule has 0 radical (unpaired) electrons. The summed E-state index contributed by atoms with van der Waals surface area (Å²) < 4.78 is 21.5. The van der Waals surface area contributed by atoms with Gasteiger partial charge in [-0.25, -0.2) is 0 Å². The van der Waals surface area contributed by atoms with Crippen molar-refractivity contribution in [1.82, 2.24) is 10.5 Å². The van der Waals surface area contributed by atoms with Crippen molar-refractivity contribution < 1.29 is 28.3 Å². The number of methoxy groups -OCH3 is 1. The molecule has 1 aliphatic rings. The van der Waals surface area contributed by atoms with Crippen LogP contribution in [0.15, 0.2) is 59.1 Å². The summed E-state index contributed by atoms with van der Waals surface area (Å²) in [5, 5.41) is 9.23. The molecule has 9 heteroatoms. The lowest BCUT2D eigenvalue weighted by atomic mass is 10.1. The van der Waals surface area contributed by atoms with Crippen molar-refractivity contribution in [1.29, 1.82) is 0 Å². The SMILES string of the molecule is COCCOc1ccc2c(c1)OC[C@H](NC(=O)c1cc(Cc3ccccc3)on1)C(=O)N2. The van der Waals surface area contributed by atoms with Crippen LogP contribution < -0.4 is 20.1 Å². The summed E-state index contributed by atoms with van der Waals surface area (Å²) in [7, 11) is 1.59. The highest BCUT2D eigenvalue weighted by atomic mass is 16.5. The van der Waals surface area contributed by atoms with E-state index in [0.29, 0.717) is 42.6 Å². The third-order valence-electron chi connectivity index (χ3n) is 4.81. The van der Waals surface area contributed by atoms with Crippen LogP contribution in [0.2, 0.25) is 0 Å². The van der Waals surface area contributed by atoms with Crippen LogP contribution in [-0.4, -0.2) is 49.9 Å². The molecule has 166 valence electrons. The van der Waals surface area contributed by atoms with Gasteiger partial charge in [0.15, 0.2) is 5.69 Å². The summed E-state index contributed by atoms with van der Waals surface area (Å²) in [6, 6.07) is 15.5. The number of amides is 2. The summed E-state index contributed by atoms with van der Waals surface area (Å²) in [5.74, 6) is 0.684. The van der Waals surface area contributed by atoms with Crippen molar-refractivity contribution in [3.63, 3.8) is 0 Å². The molecule has 0 unspecified atom stereocenters. The molecule has 9 nitrogen and oxygen atoms in total. The van der Waals surface area contributed by atoms with E-state index in [0.717, 1.165) is 5.56 Å². The van der Waals surface area contributed by atoms with Gasteiger partial charge in [-0.2, -0.15) is 0 Å². The number of rotatable bonds is 8. The van der Waals surface area contributed by atoms with Gasteiger partial charge in [0.25, 0.3) is 11.8 Å². The number of ether oxygens (including phenoxy) is 3. The van der Waals surface area contributed by atoms with Crippen molar-refractivity contribution >= 4 is 17.5 Å². The number of carbonyl (C=O) groups excluding carboxylic acids is 2. The lowest BCUT2D eigenvalue weighted by molar-refractivity contribution is -0.118. The van der Waals surface area contributed by atoms with Gasteiger partial charge in [0.05, 0.1) is 12.3 Å². The van der Waals surface area contributed by atoms with Crippen LogP contribution in [0.5, 0.6) is 11.5 Å². The van der Waals surface area contributed by atoms with Gasteiger partial charge in [0.1, 0.15) is 36.5 Å². The molecule has 1 aromatic heterocycles. The van der Waals surface area contributed by atoms with Crippen LogP contribution in [-0.2, 0) is 16.0 Å². The van der Waals surface area contributed by atoms with E-state index in [1.807, 2.05) is 30.3 Å². The summed E-state index contributed by atoms with van der Waals surface area (Å²) in [4.78, 5) is 25.2. The van der Waals surface area contributed by atoms with Gasteiger partial charge in [-0.1, -0.05) is 35.5 Å². The van der Waals surface area contributed by atoms with Crippen LogP contribution >= 0.6 is 0 Å². The quantitative estimate of drug-likeness (QED) is 0.521. The van der Waals surface area contributed by atoms with Crippen LogP contribution in [0.4, 0.5) is 5.69 Å². The third-order valence-corrected chi connectivity index (χ3v) is 4.81. The zero-order valence-corrected chi connectivity index (χ0v) is 17.5. The van der Waals surface area contributed by atoms with E-state index in [1.54, 1.807) is 31.4 Å². The van der Waals surface area contributed by atoms with Crippen molar-refractivity contribution in [2.45, 2.75) is 12.5 Å². The predicted molar refractivity (Wildman–Crippen MR) is 115 cm³/mol. The Bertz CT molecular complexity index is 1080.